The van der Waals surface area contributed by atoms with E-state index in [9.17, 15) is 9.59 Å². The van der Waals surface area contributed by atoms with Crippen LogP contribution < -0.4 is 5.56 Å². The Hall–Kier alpha value is -1.38. The molecule has 112 valence electrons. The number of hydrogen-bond acceptors (Lipinski definition) is 2. The van der Waals surface area contributed by atoms with Crippen LogP contribution in [0.1, 0.15) is 64.7 Å². The molecule has 0 saturated carbocycles. The summed E-state index contributed by atoms with van der Waals surface area (Å²) in [5.41, 5.74) is 0.424. The number of pyridine rings is 1. The van der Waals surface area contributed by atoms with Crippen molar-refractivity contribution >= 4 is 5.78 Å². The number of Topliss-reactive ketones (excluding diaryl/α,β-unsaturated/α-hetero) is 1. The minimum atomic E-state index is -0.423. The van der Waals surface area contributed by atoms with Crippen LogP contribution in [0.15, 0.2) is 23.1 Å². The molecule has 0 spiro atoms. The fourth-order valence-corrected chi connectivity index (χ4v) is 2.05. The summed E-state index contributed by atoms with van der Waals surface area (Å²) in [7, 11) is 0. The average molecular weight is 277 g/mol. The molecule has 0 aliphatic rings. The summed E-state index contributed by atoms with van der Waals surface area (Å²) < 4.78 is 1.66. The first-order valence-electron chi connectivity index (χ1n) is 7.26. The highest BCUT2D eigenvalue weighted by Crippen LogP contribution is 2.22. The fourth-order valence-electron chi connectivity index (χ4n) is 2.05. The third-order valence-electron chi connectivity index (χ3n) is 3.25. The van der Waals surface area contributed by atoms with E-state index in [0.29, 0.717) is 12.1 Å². The maximum Gasteiger partial charge on any atom is 0.250 e. The molecule has 0 aliphatic carbocycles. The Morgan fingerprint density at radius 3 is 2.20 bits per heavy atom. The van der Waals surface area contributed by atoms with Gasteiger partial charge in [-0.3, -0.25) is 9.59 Å². The molecule has 0 bridgehead atoms. The number of ketones is 1. The van der Waals surface area contributed by atoms with E-state index < -0.39 is 5.41 Å². The standard InChI is InChI=1S/C17H27NO2/c1-16(2,3)10-7-11-18-12-13(8-9-14(18)19)15(20)17(4,5)6/h8-9,12H,7,10-11H2,1-6H3. The molecule has 0 fully saturated rings. The van der Waals surface area contributed by atoms with E-state index in [1.165, 1.54) is 6.07 Å². The van der Waals surface area contributed by atoms with Crippen molar-refractivity contribution < 1.29 is 4.79 Å². The van der Waals surface area contributed by atoms with Crippen molar-refractivity contribution in [1.82, 2.24) is 4.57 Å². The quantitative estimate of drug-likeness (QED) is 0.783. The van der Waals surface area contributed by atoms with Crippen molar-refractivity contribution in [2.24, 2.45) is 10.8 Å². The molecule has 0 aliphatic heterocycles. The van der Waals surface area contributed by atoms with Gasteiger partial charge in [0.2, 0.25) is 0 Å². The van der Waals surface area contributed by atoms with E-state index in [0.717, 1.165) is 12.8 Å². The highest BCUT2D eigenvalue weighted by atomic mass is 16.1. The number of aromatic nitrogens is 1. The molecule has 20 heavy (non-hydrogen) atoms. The molecular formula is C17H27NO2. The molecule has 3 nitrogen and oxygen atoms in total. The van der Waals surface area contributed by atoms with Gasteiger partial charge in [-0.25, -0.2) is 0 Å². The van der Waals surface area contributed by atoms with Gasteiger partial charge in [-0.05, 0) is 24.3 Å². The van der Waals surface area contributed by atoms with E-state index in [1.807, 2.05) is 20.8 Å². The lowest BCUT2D eigenvalue weighted by molar-refractivity contribution is 0.0857. The van der Waals surface area contributed by atoms with Crippen molar-refractivity contribution in [3.63, 3.8) is 0 Å². The fraction of sp³-hybridized carbons (Fsp3) is 0.647. The molecule has 0 radical (unpaired) electrons. The minimum absolute atomic E-state index is 0.0376. The van der Waals surface area contributed by atoms with E-state index in [1.54, 1.807) is 16.8 Å². The van der Waals surface area contributed by atoms with Crippen molar-refractivity contribution in [1.29, 1.82) is 0 Å². The first kappa shape index (κ1) is 16.7. The Labute approximate surface area is 122 Å². The molecule has 0 saturated heterocycles. The molecular weight excluding hydrogens is 250 g/mol. The van der Waals surface area contributed by atoms with E-state index >= 15 is 0 Å². The lowest BCUT2D eigenvalue weighted by Crippen LogP contribution is -2.25. The predicted molar refractivity (Wildman–Crippen MR) is 83.2 cm³/mol. The maximum absolute atomic E-state index is 12.2. The molecule has 1 heterocycles. The van der Waals surface area contributed by atoms with Gasteiger partial charge < -0.3 is 4.57 Å². The summed E-state index contributed by atoms with van der Waals surface area (Å²) >= 11 is 0. The average Bonchev–Trinajstić information content (AvgIpc) is 2.28. The number of aryl methyl sites for hydroxylation is 1. The zero-order valence-corrected chi connectivity index (χ0v) is 13.6. The van der Waals surface area contributed by atoms with E-state index in [-0.39, 0.29) is 16.8 Å². The van der Waals surface area contributed by atoms with Gasteiger partial charge in [0.05, 0.1) is 0 Å². The summed E-state index contributed by atoms with van der Waals surface area (Å²) in [6, 6.07) is 3.13. The van der Waals surface area contributed by atoms with Crippen molar-refractivity contribution in [2.45, 2.75) is 60.9 Å². The van der Waals surface area contributed by atoms with Crippen LogP contribution in [0.4, 0.5) is 0 Å². The Balaban J connectivity index is 2.88. The molecule has 0 aromatic carbocycles. The number of carbonyl (C=O) groups excluding carboxylic acids is 1. The van der Waals surface area contributed by atoms with Crippen LogP contribution >= 0.6 is 0 Å². The Kier molecular flexibility index (Phi) is 4.95. The number of nitrogens with zero attached hydrogens (tertiary/aromatic N) is 1. The smallest absolute Gasteiger partial charge is 0.250 e. The zero-order valence-electron chi connectivity index (χ0n) is 13.6. The van der Waals surface area contributed by atoms with Crippen molar-refractivity contribution in [3.05, 3.63) is 34.2 Å². The van der Waals surface area contributed by atoms with Crippen LogP contribution in [0, 0.1) is 10.8 Å². The van der Waals surface area contributed by atoms with Gasteiger partial charge in [0, 0.05) is 29.8 Å². The van der Waals surface area contributed by atoms with Crippen LogP contribution in [0.5, 0.6) is 0 Å². The molecule has 0 N–H and O–H groups in total. The van der Waals surface area contributed by atoms with Gasteiger partial charge in [0.15, 0.2) is 5.78 Å². The van der Waals surface area contributed by atoms with Gasteiger partial charge in [0.1, 0.15) is 0 Å². The summed E-state index contributed by atoms with van der Waals surface area (Å²) in [6.07, 6.45) is 3.70. The molecule has 1 rings (SSSR count). The van der Waals surface area contributed by atoms with Gasteiger partial charge >= 0.3 is 0 Å². The van der Waals surface area contributed by atoms with Crippen LogP contribution in [0.2, 0.25) is 0 Å². The van der Waals surface area contributed by atoms with E-state index in [4.69, 9.17) is 0 Å². The number of carbonyl (C=O) groups is 1. The summed E-state index contributed by atoms with van der Waals surface area (Å²) in [5.74, 6) is 0.0714. The molecule has 1 aromatic heterocycles. The maximum atomic E-state index is 12.2. The highest BCUT2D eigenvalue weighted by Gasteiger charge is 2.23. The minimum Gasteiger partial charge on any atom is -0.315 e. The van der Waals surface area contributed by atoms with Gasteiger partial charge in [0.25, 0.3) is 5.56 Å². The van der Waals surface area contributed by atoms with Gasteiger partial charge in [-0.2, -0.15) is 0 Å². The molecule has 0 unspecified atom stereocenters. The second-order valence-corrected chi connectivity index (χ2v) is 7.69. The second-order valence-electron chi connectivity index (χ2n) is 7.69. The SMILES string of the molecule is CC(C)(C)CCCn1cc(C(=O)C(C)(C)C)ccc1=O. The monoisotopic (exact) mass is 277 g/mol. The number of hydrogen-bond donors (Lipinski definition) is 0. The predicted octanol–water partition coefficient (Wildman–Crippen LogP) is 3.90. The molecule has 3 heteroatoms. The lowest BCUT2D eigenvalue weighted by atomic mass is 9.87. The summed E-state index contributed by atoms with van der Waals surface area (Å²) in [4.78, 5) is 24.1. The van der Waals surface area contributed by atoms with Crippen molar-refractivity contribution in [2.75, 3.05) is 0 Å². The molecule has 0 amide bonds. The first-order valence-corrected chi connectivity index (χ1v) is 7.26. The third-order valence-corrected chi connectivity index (χ3v) is 3.25. The largest absolute Gasteiger partial charge is 0.315 e. The Morgan fingerprint density at radius 2 is 1.70 bits per heavy atom. The third kappa shape index (κ3) is 4.95. The second kappa shape index (κ2) is 5.94. The normalized spacial score (nSPS) is 12.5. The van der Waals surface area contributed by atoms with Crippen LogP contribution in [0.3, 0.4) is 0 Å². The van der Waals surface area contributed by atoms with Crippen LogP contribution in [-0.2, 0) is 6.54 Å². The zero-order chi connectivity index (χ0) is 15.6. The van der Waals surface area contributed by atoms with Gasteiger partial charge in [-0.1, -0.05) is 41.5 Å². The summed E-state index contributed by atoms with van der Waals surface area (Å²) in [5, 5.41) is 0. The highest BCUT2D eigenvalue weighted by molar-refractivity contribution is 5.99. The molecule has 0 atom stereocenters. The van der Waals surface area contributed by atoms with Crippen LogP contribution in [-0.4, -0.2) is 10.4 Å². The summed E-state index contributed by atoms with van der Waals surface area (Å²) in [6.45, 7) is 12.9. The van der Waals surface area contributed by atoms with Crippen molar-refractivity contribution in [3.8, 4) is 0 Å². The lowest BCUT2D eigenvalue weighted by Gasteiger charge is -2.19. The first-order chi connectivity index (χ1) is 9.00. The molecule has 1 aromatic rings. The van der Waals surface area contributed by atoms with E-state index in [2.05, 4.69) is 20.8 Å². The number of rotatable bonds is 4. The Bertz CT molecular complexity index is 527. The van der Waals surface area contributed by atoms with Crippen LogP contribution in [0.25, 0.3) is 0 Å². The topological polar surface area (TPSA) is 39.1 Å². The van der Waals surface area contributed by atoms with Gasteiger partial charge in [-0.15, -0.1) is 0 Å². The Morgan fingerprint density at radius 1 is 1.10 bits per heavy atom.